The van der Waals surface area contributed by atoms with Gasteiger partial charge in [0.25, 0.3) is 0 Å². The van der Waals surface area contributed by atoms with Crippen LogP contribution in [0.4, 0.5) is 5.69 Å². The van der Waals surface area contributed by atoms with Crippen molar-refractivity contribution in [2.45, 2.75) is 26.2 Å². The Balaban J connectivity index is 2.27. The van der Waals surface area contributed by atoms with Gasteiger partial charge in [-0.15, -0.1) is 0 Å². The predicted molar refractivity (Wildman–Crippen MR) is 71.3 cm³/mol. The molecule has 4 nitrogen and oxygen atoms in total. The number of nitrogens with one attached hydrogen (secondary N) is 1. The molecule has 0 heterocycles. The van der Waals surface area contributed by atoms with Gasteiger partial charge in [-0.25, -0.2) is 13.1 Å². The lowest BCUT2D eigenvalue weighted by Crippen LogP contribution is -2.27. The zero-order chi connectivity index (χ0) is 12.7. The topological polar surface area (TPSA) is 72.2 Å². The van der Waals surface area contributed by atoms with Crippen molar-refractivity contribution in [2.75, 3.05) is 18.0 Å². The number of hydrogen-bond acceptors (Lipinski definition) is 3. The molecule has 3 N–H and O–H groups in total. The second-order valence-electron chi connectivity index (χ2n) is 4.06. The molecule has 0 radical (unpaired) electrons. The number of sulfonamides is 1. The SMILES string of the molecule is CCCS(=O)(=O)NCCCc1ccc(N)cc1. The average Bonchev–Trinajstić information content (AvgIpc) is 2.27. The van der Waals surface area contributed by atoms with E-state index in [1.165, 1.54) is 5.56 Å². The summed E-state index contributed by atoms with van der Waals surface area (Å²) in [5.74, 6) is 0.203. The van der Waals surface area contributed by atoms with Gasteiger partial charge in [-0.1, -0.05) is 19.1 Å². The second-order valence-corrected chi connectivity index (χ2v) is 5.98. The Morgan fingerprint density at radius 3 is 2.47 bits per heavy atom. The first-order valence-electron chi connectivity index (χ1n) is 5.85. The molecule has 0 aromatic heterocycles. The Morgan fingerprint density at radius 2 is 1.88 bits per heavy atom. The molecule has 1 rings (SSSR count). The van der Waals surface area contributed by atoms with Crippen LogP contribution >= 0.6 is 0 Å². The van der Waals surface area contributed by atoms with Gasteiger partial charge in [-0.2, -0.15) is 0 Å². The van der Waals surface area contributed by atoms with Crippen LogP contribution < -0.4 is 10.5 Å². The third kappa shape index (κ3) is 5.70. The molecule has 0 unspecified atom stereocenters. The fourth-order valence-electron chi connectivity index (χ4n) is 1.55. The van der Waals surface area contributed by atoms with Crippen molar-refractivity contribution in [2.24, 2.45) is 0 Å². The highest BCUT2D eigenvalue weighted by Crippen LogP contribution is 2.07. The zero-order valence-electron chi connectivity index (χ0n) is 10.1. The van der Waals surface area contributed by atoms with E-state index in [0.717, 1.165) is 18.5 Å². The summed E-state index contributed by atoms with van der Waals surface area (Å²) in [7, 11) is -3.06. The maximum Gasteiger partial charge on any atom is 0.211 e. The lowest BCUT2D eigenvalue weighted by molar-refractivity contribution is 0.577. The molecule has 0 bridgehead atoms. The van der Waals surface area contributed by atoms with Crippen molar-refractivity contribution in [3.63, 3.8) is 0 Å². The van der Waals surface area contributed by atoms with Gasteiger partial charge >= 0.3 is 0 Å². The number of nitrogen functional groups attached to an aromatic ring is 1. The quantitative estimate of drug-likeness (QED) is 0.574. The highest BCUT2D eigenvalue weighted by Gasteiger charge is 2.06. The van der Waals surface area contributed by atoms with Crippen molar-refractivity contribution < 1.29 is 8.42 Å². The molecular formula is C12H20N2O2S. The molecule has 0 saturated carbocycles. The number of nitrogens with two attached hydrogens (primary N) is 1. The molecule has 0 amide bonds. The van der Waals surface area contributed by atoms with E-state index in [1.54, 1.807) is 0 Å². The van der Waals surface area contributed by atoms with E-state index in [4.69, 9.17) is 5.73 Å². The van der Waals surface area contributed by atoms with Crippen molar-refractivity contribution in [1.29, 1.82) is 0 Å². The monoisotopic (exact) mass is 256 g/mol. The first-order valence-corrected chi connectivity index (χ1v) is 7.50. The van der Waals surface area contributed by atoms with Crippen LogP contribution in [0.2, 0.25) is 0 Å². The molecule has 17 heavy (non-hydrogen) atoms. The van der Waals surface area contributed by atoms with E-state index in [0.29, 0.717) is 13.0 Å². The first kappa shape index (κ1) is 14.0. The lowest BCUT2D eigenvalue weighted by Gasteiger charge is -2.05. The molecular weight excluding hydrogens is 236 g/mol. The van der Waals surface area contributed by atoms with E-state index in [-0.39, 0.29) is 5.75 Å². The van der Waals surface area contributed by atoms with Crippen LogP contribution in [-0.4, -0.2) is 20.7 Å². The third-order valence-corrected chi connectivity index (χ3v) is 4.01. The Hall–Kier alpha value is -1.07. The minimum atomic E-state index is -3.06. The number of rotatable bonds is 7. The maximum absolute atomic E-state index is 11.4. The molecule has 0 aliphatic carbocycles. The van der Waals surface area contributed by atoms with Crippen LogP contribution in [0, 0.1) is 0 Å². The van der Waals surface area contributed by atoms with Crippen LogP contribution in [-0.2, 0) is 16.4 Å². The highest BCUT2D eigenvalue weighted by molar-refractivity contribution is 7.89. The molecule has 0 aliphatic heterocycles. The van der Waals surface area contributed by atoms with Gasteiger partial charge in [0.15, 0.2) is 0 Å². The summed E-state index contributed by atoms with van der Waals surface area (Å²) in [5, 5.41) is 0. The van der Waals surface area contributed by atoms with Gasteiger partial charge < -0.3 is 5.73 Å². The maximum atomic E-state index is 11.4. The van der Waals surface area contributed by atoms with E-state index in [9.17, 15) is 8.42 Å². The van der Waals surface area contributed by atoms with Crippen molar-refractivity contribution >= 4 is 15.7 Å². The summed E-state index contributed by atoms with van der Waals surface area (Å²) < 4.78 is 25.3. The van der Waals surface area contributed by atoms with E-state index < -0.39 is 10.0 Å². The molecule has 96 valence electrons. The highest BCUT2D eigenvalue weighted by atomic mass is 32.2. The minimum absolute atomic E-state index is 0.203. The van der Waals surface area contributed by atoms with Gasteiger partial charge in [0.1, 0.15) is 0 Å². The fourth-order valence-corrected chi connectivity index (χ4v) is 2.68. The van der Waals surface area contributed by atoms with E-state index >= 15 is 0 Å². The lowest BCUT2D eigenvalue weighted by atomic mass is 10.1. The summed E-state index contributed by atoms with van der Waals surface area (Å²) in [6, 6.07) is 7.65. The molecule has 1 aromatic rings. The summed E-state index contributed by atoms with van der Waals surface area (Å²) in [5.41, 5.74) is 7.50. The smallest absolute Gasteiger partial charge is 0.211 e. The van der Waals surface area contributed by atoms with Crippen LogP contribution in [0.15, 0.2) is 24.3 Å². The summed E-state index contributed by atoms with van der Waals surface area (Å²) in [6.45, 7) is 2.35. The minimum Gasteiger partial charge on any atom is -0.399 e. The summed E-state index contributed by atoms with van der Waals surface area (Å²) >= 11 is 0. The van der Waals surface area contributed by atoms with Crippen molar-refractivity contribution in [1.82, 2.24) is 4.72 Å². The van der Waals surface area contributed by atoms with Crippen molar-refractivity contribution in [3.8, 4) is 0 Å². The normalized spacial score (nSPS) is 11.6. The Bertz CT molecular complexity index is 426. The number of hydrogen-bond donors (Lipinski definition) is 2. The zero-order valence-corrected chi connectivity index (χ0v) is 11.0. The van der Waals surface area contributed by atoms with Crippen molar-refractivity contribution in [3.05, 3.63) is 29.8 Å². The molecule has 0 atom stereocenters. The Labute approximate surface area is 103 Å². The number of benzene rings is 1. The average molecular weight is 256 g/mol. The standard InChI is InChI=1S/C12H20N2O2S/c1-2-10-17(15,16)14-9-3-4-11-5-7-12(13)8-6-11/h5-8,14H,2-4,9-10,13H2,1H3. The molecule has 5 heteroatoms. The van der Waals surface area contributed by atoms with Crippen LogP contribution in [0.1, 0.15) is 25.3 Å². The van der Waals surface area contributed by atoms with Crippen LogP contribution in [0.5, 0.6) is 0 Å². The van der Waals surface area contributed by atoms with Gasteiger partial charge in [0, 0.05) is 12.2 Å². The van der Waals surface area contributed by atoms with Gasteiger partial charge in [0.05, 0.1) is 5.75 Å². The molecule has 0 spiro atoms. The molecule has 0 saturated heterocycles. The summed E-state index contributed by atoms with van der Waals surface area (Å²) in [4.78, 5) is 0. The fraction of sp³-hybridized carbons (Fsp3) is 0.500. The number of anilines is 1. The first-order chi connectivity index (χ1) is 8.03. The number of aryl methyl sites for hydroxylation is 1. The van der Waals surface area contributed by atoms with Crippen LogP contribution in [0.3, 0.4) is 0 Å². The van der Waals surface area contributed by atoms with Gasteiger partial charge in [-0.05, 0) is 37.0 Å². The molecule has 1 aromatic carbocycles. The molecule has 0 fully saturated rings. The predicted octanol–water partition coefficient (Wildman–Crippen LogP) is 1.53. The van der Waals surface area contributed by atoms with Crippen LogP contribution in [0.25, 0.3) is 0 Å². The second kappa shape index (κ2) is 6.61. The Morgan fingerprint density at radius 1 is 1.24 bits per heavy atom. The molecule has 0 aliphatic rings. The largest absolute Gasteiger partial charge is 0.399 e. The van der Waals surface area contributed by atoms with E-state index in [1.807, 2.05) is 31.2 Å². The summed E-state index contributed by atoms with van der Waals surface area (Å²) in [6.07, 6.45) is 2.30. The van der Waals surface area contributed by atoms with E-state index in [2.05, 4.69) is 4.72 Å². The van der Waals surface area contributed by atoms with Gasteiger partial charge in [-0.3, -0.25) is 0 Å². The third-order valence-electron chi connectivity index (χ3n) is 2.42. The Kier molecular flexibility index (Phi) is 5.44. The van der Waals surface area contributed by atoms with Gasteiger partial charge in [0.2, 0.25) is 10.0 Å².